The number of carbonyl (C=O) groups is 1. The highest BCUT2D eigenvalue weighted by atomic mass is 32.1. The Morgan fingerprint density at radius 3 is 2.94 bits per heavy atom. The van der Waals surface area contributed by atoms with Gasteiger partial charge in [-0.1, -0.05) is 6.07 Å². The first kappa shape index (κ1) is 13.2. The minimum absolute atomic E-state index is 0.0576. The summed E-state index contributed by atoms with van der Waals surface area (Å²) < 4.78 is 4.88. The summed E-state index contributed by atoms with van der Waals surface area (Å²) in [7, 11) is 1.54. The molecule has 0 aromatic carbocycles. The van der Waals surface area contributed by atoms with Crippen molar-refractivity contribution in [1.82, 2.24) is 4.90 Å². The minimum Gasteiger partial charge on any atom is -0.383 e. The van der Waals surface area contributed by atoms with Gasteiger partial charge in [0.25, 0.3) is 0 Å². The van der Waals surface area contributed by atoms with E-state index in [0.717, 1.165) is 0 Å². The van der Waals surface area contributed by atoms with E-state index in [1.807, 2.05) is 24.4 Å². The number of hydrogen-bond acceptors (Lipinski definition) is 4. The maximum atomic E-state index is 11.9. The lowest BCUT2D eigenvalue weighted by Crippen LogP contribution is -2.45. The van der Waals surface area contributed by atoms with E-state index in [1.165, 1.54) is 4.88 Å². The number of nitrogens with zero attached hydrogens (tertiary/aromatic N) is 1. The highest BCUT2D eigenvalue weighted by Crippen LogP contribution is 2.12. The molecule has 0 bridgehead atoms. The van der Waals surface area contributed by atoms with Crippen molar-refractivity contribution >= 4 is 17.2 Å². The van der Waals surface area contributed by atoms with Gasteiger partial charge in [-0.2, -0.15) is 0 Å². The Hall–Kier alpha value is -0.910. The van der Waals surface area contributed by atoms with Crippen molar-refractivity contribution in [2.75, 3.05) is 20.3 Å². The fraction of sp³-hybridized carbons (Fsp3) is 0.545. The molecule has 5 heteroatoms. The van der Waals surface area contributed by atoms with E-state index in [-0.39, 0.29) is 12.5 Å². The van der Waals surface area contributed by atoms with Crippen LogP contribution in [0.5, 0.6) is 0 Å². The van der Waals surface area contributed by atoms with E-state index in [9.17, 15) is 4.79 Å². The molecule has 0 spiro atoms. The van der Waals surface area contributed by atoms with Crippen LogP contribution in [-0.2, 0) is 16.1 Å². The fourth-order valence-corrected chi connectivity index (χ4v) is 2.14. The molecular weight excluding hydrogens is 224 g/mol. The molecule has 1 rings (SSSR count). The van der Waals surface area contributed by atoms with Crippen LogP contribution in [-0.4, -0.2) is 37.1 Å². The number of nitrogens with two attached hydrogens (primary N) is 1. The first-order valence-corrected chi connectivity index (χ1v) is 6.12. The van der Waals surface area contributed by atoms with Crippen LogP contribution < -0.4 is 5.73 Å². The van der Waals surface area contributed by atoms with Gasteiger partial charge in [0.05, 0.1) is 13.2 Å². The molecule has 1 aromatic rings. The number of hydrogen-bond donors (Lipinski definition) is 1. The van der Waals surface area contributed by atoms with Gasteiger partial charge in [-0.15, -0.1) is 11.3 Å². The second-order valence-electron chi connectivity index (χ2n) is 3.49. The van der Waals surface area contributed by atoms with E-state index in [2.05, 4.69) is 0 Å². The third-order valence-corrected chi connectivity index (χ3v) is 3.14. The molecule has 1 heterocycles. The van der Waals surface area contributed by atoms with Gasteiger partial charge in [-0.25, -0.2) is 0 Å². The molecule has 0 aliphatic carbocycles. The number of carbonyl (C=O) groups excluding carboxylic acids is 1. The van der Waals surface area contributed by atoms with Gasteiger partial charge >= 0.3 is 0 Å². The summed E-state index contributed by atoms with van der Waals surface area (Å²) in [6.45, 7) is 3.50. The quantitative estimate of drug-likeness (QED) is 0.812. The lowest BCUT2D eigenvalue weighted by atomic mass is 10.2. The zero-order valence-corrected chi connectivity index (χ0v) is 10.5. The Morgan fingerprint density at radius 1 is 1.69 bits per heavy atom. The van der Waals surface area contributed by atoms with Gasteiger partial charge in [-0.3, -0.25) is 4.79 Å². The molecule has 1 unspecified atom stereocenters. The van der Waals surface area contributed by atoms with E-state index >= 15 is 0 Å². The van der Waals surface area contributed by atoms with Crippen molar-refractivity contribution in [3.8, 4) is 0 Å². The summed E-state index contributed by atoms with van der Waals surface area (Å²) in [5.74, 6) is -0.0576. The molecule has 90 valence electrons. The molecule has 0 radical (unpaired) electrons. The number of rotatable bonds is 6. The Morgan fingerprint density at radius 2 is 2.44 bits per heavy atom. The molecule has 0 aliphatic heterocycles. The average Bonchev–Trinajstić information content (AvgIpc) is 2.78. The first-order chi connectivity index (χ1) is 7.69. The zero-order valence-electron chi connectivity index (χ0n) is 9.68. The van der Waals surface area contributed by atoms with Gasteiger partial charge in [0, 0.05) is 18.5 Å². The van der Waals surface area contributed by atoms with Crippen LogP contribution in [0, 0.1) is 0 Å². The summed E-state index contributed by atoms with van der Waals surface area (Å²) in [5.41, 5.74) is 5.72. The number of thiophene rings is 1. The number of amides is 1. The van der Waals surface area contributed by atoms with E-state index in [0.29, 0.717) is 13.1 Å². The molecule has 0 saturated heterocycles. The molecule has 0 saturated carbocycles. The maximum absolute atomic E-state index is 11.9. The topological polar surface area (TPSA) is 55.6 Å². The second-order valence-corrected chi connectivity index (χ2v) is 4.53. The second kappa shape index (κ2) is 6.62. The minimum atomic E-state index is -0.565. The predicted octanol–water partition coefficient (Wildman–Crippen LogP) is 1.07. The van der Waals surface area contributed by atoms with Crippen molar-refractivity contribution in [1.29, 1.82) is 0 Å². The van der Waals surface area contributed by atoms with E-state index < -0.39 is 6.04 Å². The molecule has 1 aromatic heterocycles. The molecule has 4 nitrogen and oxygen atoms in total. The third kappa shape index (κ3) is 3.59. The lowest BCUT2D eigenvalue weighted by Gasteiger charge is -2.23. The van der Waals surface area contributed by atoms with Crippen molar-refractivity contribution in [3.63, 3.8) is 0 Å². The summed E-state index contributed by atoms with van der Waals surface area (Å²) in [6.07, 6.45) is 0. The van der Waals surface area contributed by atoms with Crippen molar-refractivity contribution in [2.24, 2.45) is 5.73 Å². The highest BCUT2D eigenvalue weighted by molar-refractivity contribution is 7.09. The van der Waals surface area contributed by atoms with Gasteiger partial charge in [0.15, 0.2) is 0 Å². The third-order valence-electron chi connectivity index (χ3n) is 2.28. The molecule has 16 heavy (non-hydrogen) atoms. The average molecular weight is 242 g/mol. The smallest absolute Gasteiger partial charge is 0.242 e. The van der Waals surface area contributed by atoms with Gasteiger partial charge in [0.1, 0.15) is 6.04 Å². The van der Waals surface area contributed by atoms with Crippen LogP contribution >= 0.6 is 11.3 Å². The number of likely N-dealkylation sites (N-methyl/N-ethyl adjacent to an activating group) is 1. The van der Waals surface area contributed by atoms with Crippen LogP contribution in [0.1, 0.15) is 11.8 Å². The van der Waals surface area contributed by atoms with E-state index in [4.69, 9.17) is 10.5 Å². The Bertz CT molecular complexity index is 314. The largest absolute Gasteiger partial charge is 0.383 e. The van der Waals surface area contributed by atoms with E-state index in [1.54, 1.807) is 23.3 Å². The molecule has 0 aliphatic rings. The van der Waals surface area contributed by atoms with Crippen molar-refractivity contribution in [3.05, 3.63) is 22.4 Å². The van der Waals surface area contributed by atoms with Gasteiger partial charge in [0.2, 0.25) is 5.91 Å². The lowest BCUT2D eigenvalue weighted by molar-refractivity contribution is -0.134. The number of ether oxygens (including phenoxy) is 1. The molecule has 1 amide bonds. The summed E-state index contributed by atoms with van der Waals surface area (Å²) in [6, 6.07) is 3.43. The van der Waals surface area contributed by atoms with Crippen LogP contribution in [0.15, 0.2) is 17.5 Å². The van der Waals surface area contributed by atoms with Crippen LogP contribution in [0.2, 0.25) is 0 Å². The summed E-state index contributed by atoms with van der Waals surface area (Å²) >= 11 is 1.64. The maximum Gasteiger partial charge on any atom is 0.242 e. The molecule has 0 fully saturated rings. The molecule has 2 N–H and O–H groups in total. The summed E-state index contributed by atoms with van der Waals surface area (Å²) in [4.78, 5) is 14.8. The van der Waals surface area contributed by atoms with Gasteiger partial charge in [-0.05, 0) is 18.4 Å². The summed E-state index contributed by atoms with van der Waals surface area (Å²) in [5, 5.41) is 2.00. The predicted molar refractivity (Wildman–Crippen MR) is 65.3 cm³/mol. The normalized spacial score (nSPS) is 12.4. The monoisotopic (exact) mass is 242 g/mol. The van der Waals surface area contributed by atoms with Crippen molar-refractivity contribution < 1.29 is 9.53 Å². The molecular formula is C11H18N2O2S. The highest BCUT2D eigenvalue weighted by Gasteiger charge is 2.19. The van der Waals surface area contributed by atoms with Crippen LogP contribution in [0.25, 0.3) is 0 Å². The standard InChI is InChI=1S/C11H18N2O2S/c1-3-13(7-9-5-4-6-16-9)11(14)10(12)8-15-2/h4-6,10H,3,7-8,12H2,1-2H3. The Labute approximate surface area is 100 Å². The van der Waals surface area contributed by atoms with Crippen molar-refractivity contribution in [2.45, 2.75) is 19.5 Å². The fourth-order valence-electron chi connectivity index (χ4n) is 1.42. The zero-order chi connectivity index (χ0) is 12.0. The van der Waals surface area contributed by atoms with Crippen LogP contribution in [0.4, 0.5) is 0 Å². The first-order valence-electron chi connectivity index (χ1n) is 5.24. The molecule has 1 atom stereocenters. The Kier molecular flexibility index (Phi) is 5.45. The van der Waals surface area contributed by atoms with Crippen LogP contribution in [0.3, 0.4) is 0 Å². The SMILES string of the molecule is CCN(Cc1cccs1)C(=O)C(N)COC. The van der Waals surface area contributed by atoms with Gasteiger partial charge < -0.3 is 15.4 Å². The Balaban J connectivity index is 2.56. The number of methoxy groups -OCH3 is 1.